The van der Waals surface area contributed by atoms with Crippen LogP contribution in [0, 0.1) is 13.8 Å². The lowest BCUT2D eigenvalue weighted by Crippen LogP contribution is -2.35. The molecule has 0 aromatic heterocycles. The van der Waals surface area contributed by atoms with Crippen molar-refractivity contribution in [1.29, 1.82) is 0 Å². The Balaban J connectivity index is 2.25. The van der Waals surface area contributed by atoms with Crippen molar-refractivity contribution < 1.29 is 17.9 Å². The summed E-state index contributed by atoms with van der Waals surface area (Å²) >= 11 is 0. The number of carbonyl (C=O) groups is 1. The molecule has 1 atom stereocenters. The maximum Gasteiger partial charge on any atom is 0.241 e. The third kappa shape index (κ3) is 3.78. The molecular formula is C15H22N2O4S. The van der Waals surface area contributed by atoms with Crippen molar-refractivity contribution in [2.24, 2.45) is 0 Å². The summed E-state index contributed by atoms with van der Waals surface area (Å²) in [5.74, 6) is 0.513. The van der Waals surface area contributed by atoms with E-state index in [0.29, 0.717) is 37.1 Å². The topological polar surface area (TPSA) is 84.5 Å². The minimum atomic E-state index is -3.64. The van der Waals surface area contributed by atoms with Gasteiger partial charge in [0, 0.05) is 25.1 Å². The molecule has 1 aliphatic rings. The molecule has 0 spiro atoms. The van der Waals surface area contributed by atoms with E-state index in [-0.39, 0.29) is 16.8 Å². The molecule has 0 radical (unpaired) electrons. The monoisotopic (exact) mass is 326 g/mol. The van der Waals surface area contributed by atoms with Gasteiger partial charge in [-0.1, -0.05) is 6.07 Å². The highest BCUT2D eigenvalue weighted by Crippen LogP contribution is 2.26. The van der Waals surface area contributed by atoms with E-state index in [1.807, 2.05) is 6.92 Å². The zero-order valence-electron chi connectivity index (χ0n) is 13.1. The summed E-state index contributed by atoms with van der Waals surface area (Å²) in [6.07, 6.45) is 1.43. The average molecular weight is 326 g/mol. The zero-order valence-corrected chi connectivity index (χ0v) is 13.9. The molecule has 1 aromatic carbocycles. The maximum atomic E-state index is 12.6. The highest BCUT2D eigenvalue weighted by atomic mass is 32.2. The number of aryl methyl sites for hydroxylation is 2. The molecule has 0 saturated carbocycles. The predicted octanol–water partition coefficient (Wildman–Crippen LogP) is 1.26. The van der Waals surface area contributed by atoms with Gasteiger partial charge in [-0.15, -0.1) is 0 Å². The minimum absolute atomic E-state index is 0.0325. The van der Waals surface area contributed by atoms with Crippen molar-refractivity contribution in [2.45, 2.75) is 44.0 Å². The smallest absolute Gasteiger partial charge is 0.241 e. The molecule has 1 aliphatic heterocycles. The van der Waals surface area contributed by atoms with E-state index in [2.05, 4.69) is 10.0 Å². The molecular weight excluding hydrogens is 304 g/mol. The van der Waals surface area contributed by atoms with Crippen LogP contribution >= 0.6 is 0 Å². The summed E-state index contributed by atoms with van der Waals surface area (Å²) in [5.41, 5.74) is 1.57. The van der Waals surface area contributed by atoms with Gasteiger partial charge >= 0.3 is 0 Å². The molecule has 122 valence electrons. The van der Waals surface area contributed by atoms with E-state index in [0.717, 1.165) is 5.56 Å². The number of sulfonamides is 1. The fourth-order valence-corrected chi connectivity index (χ4v) is 4.19. The number of nitrogens with one attached hydrogen (secondary N) is 2. The number of ether oxygens (including phenoxy) is 1. The summed E-state index contributed by atoms with van der Waals surface area (Å²) in [7, 11) is -2.12. The van der Waals surface area contributed by atoms with E-state index >= 15 is 0 Å². The standard InChI is InChI=1S/C15H22N2O4S/c1-10-8-11(2)14(9-13(10)21-3)22(19,20)17-12-4-5-15(18)16-7-6-12/h8-9,12,17H,4-7H2,1-3H3,(H,16,18). The molecule has 1 fully saturated rings. The van der Waals surface area contributed by atoms with Crippen molar-refractivity contribution in [3.05, 3.63) is 23.3 Å². The molecule has 2 N–H and O–H groups in total. The van der Waals surface area contributed by atoms with Crippen molar-refractivity contribution in [2.75, 3.05) is 13.7 Å². The van der Waals surface area contributed by atoms with Gasteiger partial charge in [0.05, 0.1) is 12.0 Å². The first kappa shape index (κ1) is 16.8. The second kappa shape index (κ2) is 6.66. The lowest BCUT2D eigenvalue weighted by molar-refractivity contribution is -0.120. The van der Waals surface area contributed by atoms with Gasteiger partial charge < -0.3 is 10.1 Å². The van der Waals surface area contributed by atoms with Crippen LogP contribution in [-0.4, -0.2) is 34.0 Å². The number of rotatable bonds is 4. The van der Waals surface area contributed by atoms with E-state index in [1.54, 1.807) is 19.1 Å². The quantitative estimate of drug-likeness (QED) is 0.872. The Morgan fingerprint density at radius 3 is 2.64 bits per heavy atom. The van der Waals surface area contributed by atoms with Gasteiger partial charge in [-0.3, -0.25) is 4.79 Å². The molecule has 0 aliphatic carbocycles. The van der Waals surface area contributed by atoms with Gasteiger partial charge in [0.1, 0.15) is 5.75 Å². The van der Waals surface area contributed by atoms with Gasteiger partial charge in [-0.25, -0.2) is 13.1 Å². The first-order chi connectivity index (χ1) is 10.3. The third-order valence-corrected chi connectivity index (χ3v) is 5.50. The fourth-order valence-electron chi connectivity index (χ4n) is 2.65. The van der Waals surface area contributed by atoms with E-state index in [4.69, 9.17) is 4.74 Å². The lowest BCUT2D eigenvalue weighted by atomic mass is 10.1. The first-order valence-corrected chi connectivity index (χ1v) is 8.76. The highest BCUT2D eigenvalue weighted by molar-refractivity contribution is 7.89. The largest absolute Gasteiger partial charge is 0.496 e. The molecule has 22 heavy (non-hydrogen) atoms. The second-order valence-electron chi connectivity index (χ2n) is 5.58. The van der Waals surface area contributed by atoms with Crippen LogP contribution in [0.15, 0.2) is 17.0 Å². The van der Waals surface area contributed by atoms with Crippen molar-refractivity contribution >= 4 is 15.9 Å². The highest BCUT2D eigenvalue weighted by Gasteiger charge is 2.25. The van der Waals surface area contributed by atoms with Gasteiger partial charge in [-0.05, 0) is 37.8 Å². The van der Waals surface area contributed by atoms with Crippen molar-refractivity contribution in [3.8, 4) is 5.75 Å². The molecule has 1 heterocycles. The van der Waals surface area contributed by atoms with E-state index < -0.39 is 10.0 Å². The lowest BCUT2D eigenvalue weighted by Gasteiger charge is -2.18. The number of hydrogen-bond donors (Lipinski definition) is 2. The van der Waals surface area contributed by atoms with E-state index in [9.17, 15) is 13.2 Å². The number of hydrogen-bond acceptors (Lipinski definition) is 4. The van der Waals surface area contributed by atoms with Crippen LogP contribution in [-0.2, 0) is 14.8 Å². The summed E-state index contributed by atoms with van der Waals surface area (Å²) in [6.45, 7) is 4.12. The SMILES string of the molecule is COc1cc(S(=O)(=O)NC2CCNC(=O)CC2)c(C)cc1C. The molecule has 6 nitrogen and oxygen atoms in total. The van der Waals surface area contributed by atoms with Gasteiger partial charge in [0.2, 0.25) is 15.9 Å². The van der Waals surface area contributed by atoms with Crippen LogP contribution in [0.25, 0.3) is 0 Å². The maximum absolute atomic E-state index is 12.6. The molecule has 2 rings (SSSR count). The first-order valence-electron chi connectivity index (χ1n) is 7.28. The Labute approximate surface area is 131 Å². The van der Waals surface area contributed by atoms with Crippen LogP contribution < -0.4 is 14.8 Å². The fraction of sp³-hybridized carbons (Fsp3) is 0.533. The third-order valence-electron chi connectivity index (χ3n) is 3.84. The molecule has 1 unspecified atom stereocenters. The van der Waals surface area contributed by atoms with Gasteiger partial charge in [0.15, 0.2) is 0 Å². The van der Waals surface area contributed by atoms with Gasteiger partial charge in [0.25, 0.3) is 0 Å². The number of methoxy groups -OCH3 is 1. The summed E-state index contributed by atoms with van der Waals surface area (Å²) in [6, 6.07) is 3.11. The Kier molecular flexibility index (Phi) is 5.08. The summed E-state index contributed by atoms with van der Waals surface area (Å²) in [5, 5.41) is 2.74. The van der Waals surface area contributed by atoms with E-state index in [1.165, 1.54) is 7.11 Å². The Morgan fingerprint density at radius 2 is 1.95 bits per heavy atom. The molecule has 1 saturated heterocycles. The Hall–Kier alpha value is -1.60. The number of carbonyl (C=O) groups excluding carboxylic acids is 1. The van der Waals surface area contributed by atoms with Crippen LogP contribution in [0.4, 0.5) is 0 Å². The molecule has 7 heteroatoms. The normalized spacial score (nSPS) is 19.4. The Morgan fingerprint density at radius 1 is 1.23 bits per heavy atom. The van der Waals surface area contributed by atoms with Crippen LogP contribution in [0.5, 0.6) is 5.75 Å². The second-order valence-corrected chi connectivity index (χ2v) is 7.27. The Bertz CT molecular complexity index is 670. The van der Waals surface area contributed by atoms with Crippen LogP contribution in [0.2, 0.25) is 0 Å². The molecule has 1 aromatic rings. The summed E-state index contributed by atoms with van der Waals surface area (Å²) in [4.78, 5) is 11.6. The molecule has 0 bridgehead atoms. The minimum Gasteiger partial charge on any atom is -0.496 e. The van der Waals surface area contributed by atoms with Crippen LogP contribution in [0.3, 0.4) is 0 Å². The van der Waals surface area contributed by atoms with Gasteiger partial charge in [-0.2, -0.15) is 0 Å². The summed E-state index contributed by atoms with van der Waals surface area (Å²) < 4.78 is 33.2. The number of amides is 1. The van der Waals surface area contributed by atoms with Crippen LogP contribution in [0.1, 0.15) is 30.4 Å². The average Bonchev–Trinajstić information content (AvgIpc) is 2.63. The number of benzene rings is 1. The van der Waals surface area contributed by atoms with Crippen molar-refractivity contribution in [1.82, 2.24) is 10.0 Å². The molecule has 1 amide bonds. The van der Waals surface area contributed by atoms with Crippen molar-refractivity contribution in [3.63, 3.8) is 0 Å². The predicted molar refractivity (Wildman–Crippen MR) is 83.4 cm³/mol. The zero-order chi connectivity index (χ0) is 16.3.